The molecule has 0 saturated carbocycles. The van der Waals surface area contributed by atoms with Crippen molar-refractivity contribution < 1.29 is 10.1 Å². The van der Waals surface area contributed by atoms with Crippen LogP contribution >= 0.6 is 11.3 Å². The van der Waals surface area contributed by atoms with Crippen LogP contribution < -0.4 is 10.2 Å². The van der Waals surface area contributed by atoms with Gasteiger partial charge in [-0.15, -0.1) is 11.3 Å². The normalized spacial score (nSPS) is 10.2. The van der Waals surface area contributed by atoms with Crippen molar-refractivity contribution in [2.24, 2.45) is 0 Å². The minimum absolute atomic E-state index is 0. The van der Waals surface area contributed by atoms with Gasteiger partial charge in [0.2, 0.25) is 5.95 Å². The molecule has 0 atom stereocenters. The zero-order chi connectivity index (χ0) is 12.5. The standard InChI is InChI=1S/C12H11N3O2S.CH4/c1-7-5-18-6-9(7)14-12-13-8-3-2-4-10(17-16)11(8)15-12;/h2-6,16H,1H3,(H2,13,14,15);1H4. The monoisotopic (exact) mass is 277 g/mol. The second-order valence-corrected chi connectivity index (χ2v) is 4.67. The van der Waals surface area contributed by atoms with Gasteiger partial charge in [-0.25, -0.2) is 10.2 Å². The van der Waals surface area contributed by atoms with Crippen molar-refractivity contribution in [2.45, 2.75) is 14.4 Å². The molecule has 3 rings (SSSR count). The number of aromatic nitrogens is 2. The molecule has 0 radical (unpaired) electrons. The first-order valence-electron chi connectivity index (χ1n) is 5.38. The Kier molecular flexibility index (Phi) is 3.73. The van der Waals surface area contributed by atoms with E-state index < -0.39 is 0 Å². The summed E-state index contributed by atoms with van der Waals surface area (Å²) in [7, 11) is 0. The molecule has 2 heterocycles. The highest BCUT2D eigenvalue weighted by Crippen LogP contribution is 2.27. The lowest BCUT2D eigenvalue weighted by Gasteiger charge is -1.99. The van der Waals surface area contributed by atoms with Crippen LogP contribution in [0.4, 0.5) is 11.6 Å². The Morgan fingerprint density at radius 3 is 2.89 bits per heavy atom. The van der Waals surface area contributed by atoms with E-state index in [2.05, 4.69) is 25.6 Å². The molecule has 100 valence electrons. The van der Waals surface area contributed by atoms with Gasteiger partial charge in [0.1, 0.15) is 5.52 Å². The van der Waals surface area contributed by atoms with Gasteiger partial charge in [-0.1, -0.05) is 13.5 Å². The fourth-order valence-electron chi connectivity index (χ4n) is 1.75. The lowest BCUT2D eigenvalue weighted by atomic mass is 10.3. The maximum Gasteiger partial charge on any atom is 0.205 e. The lowest BCUT2D eigenvalue weighted by Crippen LogP contribution is -1.91. The van der Waals surface area contributed by atoms with Gasteiger partial charge in [-0.3, -0.25) is 0 Å². The fourth-order valence-corrected chi connectivity index (χ4v) is 2.53. The topological polar surface area (TPSA) is 70.2 Å². The summed E-state index contributed by atoms with van der Waals surface area (Å²) in [5, 5.41) is 16.1. The molecular weight excluding hydrogens is 262 g/mol. The summed E-state index contributed by atoms with van der Waals surface area (Å²) in [6.07, 6.45) is 0. The Labute approximate surface area is 114 Å². The van der Waals surface area contributed by atoms with Gasteiger partial charge in [0.25, 0.3) is 0 Å². The first-order valence-corrected chi connectivity index (χ1v) is 6.32. The molecule has 5 nitrogen and oxygen atoms in total. The van der Waals surface area contributed by atoms with Gasteiger partial charge in [0.05, 0.1) is 11.2 Å². The van der Waals surface area contributed by atoms with Crippen LogP contribution in [0.3, 0.4) is 0 Å². The number of benzene rings is 1. The molecule has 0 aliphatic carbocycles. The quantitative estimate of drug-likeness (QED) is 0.496. The number of aromatic amines is 1. The third-order valence-corrected chi connectivity index (χ3v) is 3.54. The van der Waals surface area contributed by atoms with Crippen molar-refractivity contribution in [3.63, 3.8) is 0 Å². The summed E-state index contributed by atoms with van der Waals surface area (Å²) in [6, 6.07) is 5.31. The summed E-state index contributed by atoms with van der Waals surface area (Å²) in [5.74, 6) is 0.954. The summed E-state index contributed by atoms with van der Waals surface area (Å²) in [6.45, 7) is 2.03. The molecular formula is C13H15N3O2S. The second kappa shape index (κ2) is 5.29. The molecule has 0 aliphatic heterocycles. The van der Waals surface area contributed by atoms with E-state index in [9.17, 15) is 0 Å². The van der Waals surface area contributed by atoms with E-state index in [0.717, 1.165) is 11.2 Å². The maximum atomic E-state index is 8.77. The van der Waals surface area contributed by atoms with Gasteiger partial charge in [0, 0.05) is 5.38 Å². The molecule has 0 unspecified atom stereocenters. The summed E-state index contributed by atoms with van der Waals surface area (Å²) in [5.41, 5.74) is 3.58. The van der Waals surface area contributed by atoms with E-state index in [0.29, 0.717) is 17.2 Å². The predicted molar refractivity (Wildman–Crippen MR) is 78.4 cm³/mol. The maximum absolute atomic E-state index is 8.77. The SMILES string of the molecule is C.Cc1cscc1Nc1nc2c(OO)cccc2[nH]1. The highest BCUT2D eigenvalue weighted by Gasteiger charge is 2.09. The van der Waals surface area contributed by atoms with Crippen molar-refractivity contribution in [2.75, 3.05) is 5.32 Å². The Morgan fingerprint density at radius 1 is 1.37 bits per heavy atom. The number of aryl methyl sites for hydroxylation is 1. The Morgan fingerprint density at radius 2 is 2.21 bits per heavy atom. The van der Waals surface area contributed by atoms with E-state index in [1.165, 1.54) is 5.56 Å². The molecule has 1 aromatic carbocycles. The Hall–Kier alpha value is -2.05. The van der Waals surface area contributed by atoms with E-state index in [4.69, 9.17) is 5.26 Å². The van der Waals surface area contributed by atoms with Crippen LogP contribution in [0.2, 0.25) is 0 Å². The molecule has 19 heavy (non-hydrogen) atoms. The smallest absolute Gasteiger partial charge is 0.205 e. The van der Waals surface area contributed by atoms with Crippen LogP contribution in [0, 0.1) is 6.92 Å². The minimum atomic E-state index is 0. The van der Waals surface area contributed by atoms with Crippen LogP contribution in [-0.2, 0) is 0 Å². The number of thiophene rings is 1. The number of para-hydroxylation sites is 1. The average molecular weight is 277 g/mol. The molecule has 0 spiro atoms. The summed E-state index contributed by atoms with van der Waals surface area (Å²) >= 11 is 1.63. The van der Waals surface area contributed by atoms with Gasteiger partial charge in [0.15, 0.2) is 5.75 Å². The van der Waals surface area contributed by atoms with Gasteiger partial charge in [-0.05, 0) is 30.0 Å². The van der Waals surface area contributed by atoms with Crippen LogP contribution in [0.5, 0.6) is 5.75 Å². The fraction of sp³-hybridized carbons (Fsp3) is 0.154. The van der Waals surface area contributed by atoms with Crippen molar-refractivity contribution in [3.8, 4) is 5.75 Å². The predicted octanol–water partition coefficient (Wildman–Crippen LogP) is 4.16. The summed E-state index contributed by atoms with van der Waals surface area (Å²) in [4.78, 5) is 11.8. The first-order chi connectivity index (χ1) is 8.78. The molecule has 3 aromatic rings. The van der Waals surface area contributed by atoms with E-state index in [1.807, 2.05) is 18.4 Å². The molecule has 3 N–H and O–H groups in total. The molecule has 0 amide bonds. The number of anilines is 2. The third kappa shape index (κ3) is 2.40. The number of hydrogen-bond donors (Lipinski definition) is 3. The van der Waals surface area contributed by atoms with Gasteiger partial charge >= 0.3 is 0 Å². The van der Waals surface area contributed by atoms with Crippen LogP contribution in [0.25, 0.3) is 11.0 Å². The second-order valence-electron chi connectivity index (χ2n) is 3.92. The van der Waals surface area contributed by atoms with Crippen molar-refractivity contribution in [1.82, 2.24) is 9.97 Å². The largest absolute Gasteiger partial charge is 0.338 e. The number of fused-ring (bicyclic) bond motifs is 1. The average Bonchev–Trinajstić information content (AvgIpc) is 2.95. The zero-order valence-corrected chi connectivity index (χ0v) is 10.4. The number of rotatable bonds is 3. The number of nitrogens with zero attached hydrogens (tertiary/aromatic N) is 1. The number of hydrogen-bond acceptors (Lipinski definition) is 5. The molecule has 2 aromatic heterocycles. The van der Waals surface area contributed by atoms with Crippen LogP contribution in [-0.4, -0.2) is 15.2 Å². The Bertz CT molecular complexity index is 690. The lowest BCUT2D eigenvalue weighted by molar-refractivity contribution is -0.136. The van der Waals surface area contributed by atoms with Crippen molar-refractivity contribution in [1.29, 1.82) is 0 Å². The van der Waals surface area contributed by atoms with Crippen molar-refractivity contribution in [3.05, 3.63) is 34.5 Å². The highest BCUT2D eigenvalue weighted by atomic mass is 32.1. The molecule has 0 fully saturated rings. The molecule has 0 bridgehead atoms. The molecule has 0 aliphatic rings. The molecule has 6 heteroatoms. The zero-order valence-electron chi connectivity index (χ0n) is 9.60. The first kappa shape index (κ1) is 13.4. The summed E-state index contributed by atoms with van der Waals surface area (Å²) < 4.78 is 0. The molecule has 0 saturated heterocycles. The van der Waals surface area contributed by atoms with Gasteiger partial charge < -0.3 is 15.2 Å². The number of imidazole rings is 1. The number of nitrogens with one attached hydrogen (secondary N) is 2. The van der Waals surface area contributed by atoms with Gasteiger partial charge in [-0.2, -0.15) is 0 Å². The Balaban J connectivity index is 0.00000133. The van der Waals surface area contributed by atoms with E-state index in [-0.39, 0.29) is 7.43 Å². The van der Waals surface area contributed by atoms with E-state index >= 15 is 0 Å². The third-order valence-electron chi connectivity index (χ3n) is 2.68. The van der Waals surface area contributed by atoms with Crippen LogP contribution in [0.1, 0.15) is 13.0 Å². The van der Waals surface area contributed by atoms with E-state index in [1.54, 1.807) is 23.5 Å². The van der Waals surface area contributed by atoms with Crippen LogP contribution in [0.15, 0.2) is 29.0 Å². The van der Waals surface area contributed by atoms with Crippen molar-refractivity contribution >= 4 is 34.0 Å². The number of H-pyrrole nitrogens is 1. The minimum Gasteiger partial charge on any atom is -0.338 e. The highest BCUT2D eigenvalue weighted by molar-refractivity contribution is 7.08.